The average molecular weight is 258 g/mol. The molecule has 0 bridgehead atoms. The quantitative estimate of drug-likeness (QED) is 0.625. The molecule has 2 rings (SSSR count). The van der Waals surface area contributed by atoms with Crippen LogP contribution < -0.4 is 0 Å². The fourth-order valence-corrected chi connectivity index (χ4v) is 1.76. The number of halogens is 1. The van der Waals surface area contributed by atoms with Gasteiger partial charge in [-0.25, -0.2) is 4.39 Å². The van der Waals surface area contributed by atoms with Crippen LogP contribution in [-0.4, -0.2) is 10.8 Å². The standard InChI is InChI=1S/C14H11FN2O2/c1-9-8-11(6-7-16-9)14(18)13(17-19)10-2-4-12(15)5-3-10/h2-8,13H,1H3. The van der Waals surface area contributed by atoms with Crippen molar-refractivity contribution in [2.75, 3.05) is 0 Å². The minimum atomic E-state index is -1.16. The lowest BCUT2D eigenvalue weighted by Crippen LogP contribution is -2.11. The monoisotopic (exact) mass is 258 g/mol. The Morgan fingerprint density at radius 2 is 1.95 bits per heavy atom. The molecule has 0 aliphatic heterocycles. The number of benzene rings is 1. The molecule has 0 N–H and O–H groups in total. The van der Waals surface area contributed by atoms with E-state index in [-0.39, 0.29) is 0 Å². The molecule has 1 heterocycles. The van der Waals surface area contributed by atoms with Gasteiger partial charge in [0.2, 0.25) is 0 Å². The Kier molecular flexibility index (Phi) is 3.75. The number of Topliss-reactive ketones (excluding diaryl/α,β-unsaturated/α-hetero) is 1. The third-order valence-electron chi connectivity index (χ3n) is 2.72. The van der Waals surface area contributed by atoms with Crippen molar-refractivity contribution in [3.05, 3.63) is 70.1 Å². The van der Waals surface area contributed by atoms with Crippen LogP contribution in [0.3, 0.4) is 0 Å². The molecule has 0 spiro atoms. The van der Waals surface area contributed by atoms with Gasteiger partial charge in [-0.1, -0.05) is 17.3 Å². The van der Waals surface area contributed by atoms with Crippen LogP contribution in [0.15, 0.2) is 47.8 Å². The fourth-order valence-electron chi connectivity index (χ4n) is 1.76. The topological polar surface area (TPSA) is 59.4 Å². The predicted octanol–water partition coefficient (Wildman–Crippen LogP) is 3.22. The van der Waals surface area contributed by atoms with Gasteiger partial charge in [-0.05, 0) is 36.8 Å². The zero-order valence-electron chi connectivity index (χ0n) is 10.2. The number of carbonyl (C=O) groups is 1. The molecule has 96 valence electrons. The first-order chi connectivity index (χ1) is 9.11. The van der Waals surface area contributed by atoms with Crippen molar-refractivity contribution >= 4 is 5.78 Å². The number of carbonyl (C=O) groups excluding carboxylic acids is 1. The molecule has 0 saturated heterocycles. The average Bonchev–Trinajstić information content (AvgIpc) is 2.41. The highest BCUT2D eigenvalue weighted by Gasteiger charge is 2.23. The van der Waals surface area contributed by atoms with Gasteiger partial charge in [0.1, 0.15) is 5.82 Å². The minimum Gasteiger partial charge on any atom is -0.291 e. The van der Waals surface area contributed by atoms with Gasteiger partial charge in [0.15, 0.2) is 11.8 Å². The van der Waals surface area contributed by atoms with E-state index in [0.29, 0.717) is 16.8 Å². The van der Waals surface area contributed by atoms with Gasteiger partial charge in [-0.3, -0.25) is 9.78 Å². The normalized spacial score (nSPS) is 11.9. The van der Waals surface area contributed by atoms with Gasteiger partial charge < -0.3 is 0 Å². The smallest absolute Gasteiger partial charge is 0.195 e. The summed E-state index contributed by atoms with van der Waals surface area (Å²) in [5, 5.41) is 2.85. The Bertz CT molecular complexity index is 611. The summed E-state index contributed by atoms with van der Waals surface area (Å²) in [6.07, 6.45) is 1.50. The van der Waals surface area contributed by atoms with E-state index in [1.165, 1.54) is 36.5 Å². The van der Waals surface area contributed by atoms with E-state index >= 15 is 0 Å². The summed E-state index contributed by atoms with van der Waals surface area (Å²) in [5.74, 6) is -0.854. The molecule has 5 heteroatoms. The molecular weight excluding hydrogens is 247 g/mol. The van der Waals surface area contributed by atoms with Crippen LogP contribution in [0.5, 0.6) is 0 Å². The molecule has 0 aliphatic rings. The van der Waals surface area contributed by atoms with Gasteiger partial charge in [-0.2, -0.15) is 0 Å². The number of nitrogens with zero attached hydrogens (tertiary/aromatic N) is 2. The number of ketones is 1. The van der Waals surface area contributed by atoms with Crippen molar-refractivity contribution in [3.63, 3.8) is 0 Å². The SMILES string of the molecule is Cc1cc(C(=O)C(N=O)c2ccc(F)cc2)ccn1. The molecule has 1 aromatic heterocycles. The number of hydrogen-bond acceptors (Lipinski definition) is 4. The number of pyridine rings is 1. The summed E-state index contributed by atoms with van der Waals surface area (Å²) in [7, 11) is 0. The first-order valence-corrected chi connectivity index (χ1v) is 5.66. The number of rotatable bonds is 4. The molecule has 1 atom stereocenters. The van der Waals surface area contributed by atoms with Crippen molar-refractivity contribution in [2.45, 2.75) is 13.0 Å². The number of aromatic nitrogens is 1. The molecule has 0 fully saturated rings. The summed E-state index contributed by atoms with van der Waals surface area (Å²) in [6, 6.07) is 7.10. The van der Waals surface area contributed by atoms with E-state index in [1.807, 2.05) is 0 Å². The van der Waals surface area contributed by atoms with Crippen LogP contribution in [0.25, 0.3) is 0 Å². The molecule has 0 radical (unpaired) electrons. The van der Waals surface area contributed by atoms with E-state index < -0.39 is 17.6 Å². The van der Waals surface area contributed by atoms with E-state index in [4.69, 9.17) is 0 Å². The van der Waals surface area contributed by atoms with Crippen molar-refractivity contribution in [1.82, 2.24) is 4.98 Å². The Labute approximate surface area is 109 Å². The van der Waals surface area contributed by atoms with Crippen molar-refractivity contribution in [1.29, 1.82) is 0 Å². The Morgan fingerprint density at radius 1 is 1.26 bits per heavy atom. The Balaban J connectivity index is 2.34. The van der Waals surface area contributed by atoms with Crippen LogP contribution in [0.2, 0.25) is 0 Å². The lowest BCUT2D eigenvalue weighted by Gasteiger charge is -2.08. The van der Waals surface area contributed by atoms with Crippen LogP contribution >= 0.6 is 0 Å². The van der Waals surface area contributed by atoms with E-state index in [2.05, 4.69) is 10.2 Å². The Hall–Kier alpha value is -2.43. The molecule has 2 aromatic rings. The molecule has 19 heavy (non-hydrogen) atoms. The van der Waals surface area contributed by atoms with Gasteiger partial charge >= 0.3 is 0 Å². The van der Waals surface area contributed by atoms with Gasteiger partial charge in [0.25, 0.3) is 0 Å². The highest BCUT2D eigenvalue weighted by atomic mass is 19.1. The first kappa shape index (κ1) is 13.0. The highest BCUT2D eigenvalue weighted by molar-refractivity contribution is 6.00. The summed E-state index contributed by atoms with van der Waals surface area (Å²) >= 11 is 0. The minimum absolute atomic E-state index is 0.362. The van der Waals surface area contributed by atoms with Crippen LogP contribution in [0.1, 0.15) is 27.7 Å². The Morgan fingerprint density at radius 3 is 2.53 bits per heavy atom. The van der Waals surface area contributed by atoms with Gasteiger partial charge in [0, 0.05) is 17.5 Å². The zero-order valence-corrected chi connectivity index (χ0v) is 10.2. The maximum atomic E-state index is 12.8. The van der Waals surface area contributed by atoms with Crippen molar-refractivity contribution < 1.29 is 9.18 Å². The molecule has 0 saturated carbocycles. The third kappa shape index (κ3) is 2.88. The molecule has 1 unspecified atom stereocenters. The number of nitroso groups, excluding NO2 is 1. The van der Waals surface area contributed by atoms with E-state index in [9.17, 15) is 14.1 Å². The lowest BCUT2D eigenvalue weighted by molar-refractivity contribution is 0.0961. The largest absolute Gasteiger partial charge is 0.291 e. The van der Waals surface area contributed by atoms with Crippen LogP contribution in [0.4, 0.5) is 4.39 Å². The molecule has 4 nitrogen and oxygen atoms in total. The molecular formula is C14H11FN2O2. The van der Waals surface area contributed by atoms with E-state index in [0.717, 1.165) is 0 Å². The molecule has 0 amide bonds. The van der Waals surface area contributed by atoms with Crippen molar-refractivity contribution in [2.24, 2.45) is 5.18 Å². The molecule has 0 aliphatic carbocycles. The number of hydrogen-bond donors (Lipinski definition) is 0. The van der Waals surface area contributed by atoms with E-state index in [1.54, 1.807) is 13.0 Å². The number of aryl methyl sites for hydroxylation is 1. The fraction of sp³-hybridized carbons (Fsp3) is 0.143. The summed E-state index contributed by atoms with van der Waals surface area (Å²) in [6.45, 7) is 1.75. The van der Waals surface area contributed by atoms with Crippen LogP contribution in [0, 0.1) is 17.6 Å². The van der Waals surface area contributed by atoms with Gasteiger partial charge in [0.05, 0.1) is 0 Å². The second kappa shape index (κ2) is 5.48. The predicted molar refractivity (Wildman–Crippen MR) is 68.2 cm³/mol. The second-order valence-electron chi connectivity index (χ2n) is 4.11. The zero-order chi connectivity index (χ0) is 13.8. The lowest BCUT2D eigenvalue weighted by atomic mass is 9.98. The second-order valence-corrected chi connectivity index (χ2v) is 4.11. The highest BCUT2D eigenvalue weighted by Crippen LogP contribution is 2.22. The third-order valence-corrected chi connectivity index (χ3v) is 2.72. The maximum Gasteiger partial charge on any atom is 0.195 e. The summed E-state index contributed by atoms with van der Waals surface area (Å²) < 4.78 is 12.8. The summed E-state index contributed by atoms with van der Waals surface area (Å²) in [5.41, 5.74) is 1.41. The maximum absolute atomic E-state index is 12.8. The van der Waals surface area contributed by atoms with Gasteiger partial charge in [-0.15, -0.1) is 4.91 Å². The molecule has 1 aromatic carbocycles. The summed E-state index contributed by atoms with van der Waals surface area (Å²) in [4.78, 5) is 27.1. The van der Waals surface area contributed by atoms with Crippen molar-refractivity contribution in [3.8, 4) is 0 Å². The van der Waals surface area contributed by atoms with Crippen LogP contribution in [-0.2, 0) is 0 Å². The first-order valence-electron chi connectivity index (χ1n) is 5.66.